The molecule has 1 heterocycles. The first-order valence-corrected chi connectivity index (χ1v) is 7.40. The van der Waals surface area contributed by atoms with Gasteiger partial charge in [0.15, 0.2) is 5.75 Å². The third-order valence-corrected chi connectivity index (χ3v) is 3.08. The summed E-state index contributed by atoms with van der Waals surface area (Å²) in [5, 5.41) is 7.47. The van der Waals surface area contributed by atoms with Gasteiger partial charge in [-0.1, -0.05) is 25.1 Å². The molecule has 0 aliphatic rings. The Hall–Kier alpha value is -2.01. The molecular weight excluding hydrogens is 266 g/mol. The van der Waals surface area contributed by atoms with E-state index in [2.05, 4.69) is 23.4 Å². The predicted molar refractivity (Wildman–Crippen MR) is 82.7 cm³/mol. The molecule has 0 bridgehead atoms. The van der Waals surface area contributed by atoms with Crippen molar-refractivity contribution < 1.29 is 9.47 Å². The summed E-state index contributed by atoms with van der Waals surface area (Å²) in [5.41, 5.74) is 1.16. The maximum Gasteiger partial charge on any atom is 0.157 e. The molecule has 21 heavy (non-hydrogen) atoms. The first-order valence-electron chi connectivity index (χ1n) is 7.40. The van der Waals surface area contributed by atoms with Gasteiger partial charge in [0.25, 0.3) is 0 Å². The van der Waals surface area contributed by atoms with Crippen molar-refractivity contribution in [3.8, 4) is 11.5 Å². The topological polar surface area (TPSA) is 48.3 Å². The minimum Gasteiger partial charge on any atom is -0.490 e. The van der Waals surface area contributed by atoms with E-state index in [1.807, 2.05) is 36.0 Å². The molecule has 0 radical (unpaired) electrons. The molecule has 0 saturated heterocycles. The zero-order chi connectivity index (χ0) is 14.9. The summed E-state index contributed by atoms with van der Waals surface area (Å²) in [5.74, 6) is 1.69. The van der Waals surface area contributed by atoms with Crippen LogP contribution in [-0.4, -0.2) is 29.5 Å². The molecule has 1 N–H and O–H groups in total. The lowest BCUT2D eigenvalue weighted by atomic mass is 10.2. The van der Waals surface area contributed by atoms with Gasteiger partial charge in [-0.3, -0.25) is 4.68 Å². The summed E-state index contributed by atoms with van der Waals surface area (Å²) in [6.45, 7) is 7.76. The lowest BCUT2D eigenvalue weighted by molar-refractivity contribution is 0.215. The summed E-state index contributed by atoms with van der Waals surface area (Å²) in [6, 6.07) is 8.07. The van der Waals surface area contributed by atoms with E-state index in [4.69, 9.17) is 9.47 Å². The van der Waals surface area contributed by atoms with Gasteiger partial charge in [-0.2, -0.15) is 5.10 Å². The standard InChI is InChI=1S/C16H23N3O2/c1-3-17-11-14-7-5-6-8-16(14)21-10-9-20-15-12-18-19(4-2)13-15/h5-8,12-13,17H,3-4,9-11H2,1-2H3. The highest BCUT2D eigenvalue weighted by atomic mass is 16.5. The first kappa shape index (κ1) is 15.4. The van der Waals surface area contributed by atoms with Crippen molar-refractivity contribution in [1.82, 2.24) is 15.1 Å². The molecule has 0 aliphatic carbocycles. The van der Waals surface area contributed by atoms with Crippen LogP contribution in [0.3, 0.4) is 0 Å². The van der Waals surface area contributed by atoms with Crippen LogP contribution in [0.5, 0.6) is 11.5 Å². The molecule has 2 rings (SSSR count). The molecule has 5 nitrogen and oxygen atoms in total. The summed E-state index contributed by atoms with van der Waals surface area (Å²) in [4.78, 5) is 0. The van der Waals surface area contributed by atoms with Crippen LogP contribution in [-0.2, 0) is 13.1 Å². The zero-order valence-electron chi connectivity index (χ0n) is 12.7. The van der Waals surface area contributed by atoms with Crippen LogP contribution in [0.4, 0.5) is 0 Å². The first-order chi connectivity index (χ1) is 10.3. The Morgan fingerprint density at radius 3 is 2.71 bits per heavy atom. The molecule has 0 saturated carbocycles. The number of ether oxygens (including phenoxy) is 2. The molecule has 2 aromatic rings. The Kier molecular flexibility index (Phi) is 6.09. The lowest BCUT2D eigenvalue weighted by Gasteiger charge is -2.11. The molecule has 0 aliphatic heterocycles. The Labute approximate surface area is 125 Å². The van der Waals surface area contributed by atoms with Gasteiger partial charge in [-0.25, -0.2) is 0 Å². The highest BCUT2D eigenvalue weighted by Crippen LogP contribution is 2.17. The smallest absolute Gasteiger partial charge is 0.157 e. The van der Waals surface area contributed by atoms with Gasteiger partial charge in [-0.05, 0) is 19.5 Å². The van der Waals surface area contributed by atoms with Gasteiger partial charge in [0.05, 0.1) is 12.4 Å². The van der Waals surface area contributed by atoms with Crippen molar-refractivity contribution in [1.29, 1.82) is 0 Å². The Bertz CT molecular complexity index is 540. The number of hydrogen-bond donors (Lipinski definition) is 1. The monoisotopic (exact) mass is 289 g/mol. The van der Waals surface area contributed by atoms with Crippen molar-refractivity contribution in [3.63, 3.8) is 0 Å². The van der Waals surface area contributed by atoms with Crippen LogP contribution in [0.1, 0.15) is 19.4 Å². The maximum atomic E-state index is 5.80. The fraction of sp³-hybridized carbons (Fsp3) is 0.438. The molecular formula is C16H23N3O2. The highest BCUT2D eigenvalue weighted by Gasteiger charge is 2.03. The number of para-hydroxylation sites is 1. The SMILES string of the molecule is CCNCc1ccccc1OCCOc1cnn(CC)c1. The van der Waals surface area contributed by atoms with Gasteiger partial charge >= 0.3 is 0 Å². The third kappa shape index (κ3) is 4.79. The van der Waals surface area contributed by atoms with Crippen LogP contribution in [0.25, 0.3) is 0 Å². The van der Waals surface area contributed by atoms with E-state index in [1.54, 1.807) is 6.20 Å². The fourth-order valence-electron chi connectivity index (χ4n) is 1.95. The Morgan fingerprint density at radius 1 is 1.14 bits per heavy atom. The van der Waals surface area contributed by atoms with Crippen molar-refractivity contribution in [3.05, 3.63) is 42.2 Å². The molecule has 0 atom stereocenters. The van der Waals surface area contributed by atoms with Crippen molar-refractivity contribution >= 4 is 0 Å². The van der Waals surface area contributed by atoms with E-state index in [9.17, 15) is 0 Å². The van der Waals surface area contributed by atoms with Crippen LogP contribution < -0.4 is 14.8 Å². The second kappa shape index (κ2) is 8.32. The summed E-state index contributed by atoms with van der Waals surface area (Å²) >= 11 is 0. The molecule has 0 spiro atoms. The van der Waals surface area contributed by atoms with E-state index in [0.717, 1.165) is 36.7 Å². The van der Waals surface area contributed by atoms with Crippen LogP contribution in [0.2, 0.25) is 0 Å². The van der Waals surface area contributed by atoms with E-state index < -0.39 is 0 Å². The molecule has 1 aromatic heterocycles. The number of aryl methyl sites for hydroxylation is 1. The third-order valence-electron chi connectivity index (χ3n) is 3.08. The van der Waals surface area contributed by atoms with Crippen LogP contribution in [0.15, 0.2) is 36.7 Å². The number of aromatic nitrogens is 2. The number of rotatable bonds is 9. The van der Waals surface area contributed by atoms with E-state index >= 15 is 0 Å². The van der Waals surface area contributed by atoms with Gasteiger partial charge in [-0.15, -0.1) is 0 Å². The molecule has 0 unspecified atom stereocenters. The van der Waals surface area contributed by atoms with E-state index in [1.165, 1.54) is 0 Å². The number of hydrogen-bond acceptors (Lipinski definition) is 4. The van der Waals surface area contributed by atoms with E-state index in [-0.39, 0.29) is 0 Å². The van der Waals surface area contributed by atoms with Crippen molar-refractivity contribution in [2.45, 2.75) is 26.9 Å². The molecule has 0 amide bonds. The normalized spacial score (nSPS) is 10.6. The van der Waals surface area contributed by atoms with Crippen molar-refractivity contribution in [2.24, 2.45) is 0 Å². The minimum absolute atomic E-state index is 0.505. The van der Waals surface area contributed by atoms with Gasteiger partial charge in [0.2, 0.25) is 0 Å². The van der Waals surface area contributed by atoms with Gasteiger partial charge in [0.1, 0.15) is 19.0 Å². The Morgan fingerprint density at radius 2 is 1.95 bits per heavy atom. The van der Waals surface area contributed by atoms with Crippen LogP contribution in [0, 0.1) is 0 Å². The number of benzene rings is 1. The maximum absolute atomic E-state index is 5.80. The van der Waals surface area contributed by atoms with Crippen LogP contribution >= 0.6 is 0 Å². The van der Waals surface area contributed by atoms with Gasteiger partial charge in [0, 0.05) is 18.7 Å². The number of nitrogens with zero attached hydrogens (tertiary/aromatic N) is 2. The highest BCUT2D eigenvalue weighted by molar-refractivity contribution is 5.33. The summed E-state index contributed by atoms with van der Waals surface area (Å²) < 4.78 is 13.2. The lowest BCUT2D eigenvalue weighted by Crippen LogP contribution is -2.14. The minimum atomic E-state index is 0.505. The fourth-order valence-corrected chi connectivity index (χ4v) is 1.95. The molecule has 1 aromatic carbocycles. The summed E-state index contributed by atoms with van der Waals surface area (Å²) in [6.07, 6.45) is 3.61. The van der Waals surface area contributed by atoms with Gasteiger partial charge < -0.3 is 14.8 Å². The Balaban J connectivity index is 1.77. The van der Waals surface area contributed by atoms with Crippen molar-refractivity contribution in [2.75, 3.05) is 19.8 Å². The second-order valence-electron chi connectivity index (χ2n) is 4.62. The quantitative estimate of drug-likeness (QED) is 0.720. The average Bonchev–Trinajstić information content (AvgIpc) is 2.98. The van der Waals surface area contributed by atoms with E-state index in [0.29, 0.717) is 13.2 Å². The second-order valence-corrected chi connectivity index (χ2v) is 4.62. The largest absolute Gasteiger partial charge is 0.490 e. The molecule has 5 heteroatoms. The average molecular weight is 289 g/mol. The molecule has 0 fully saturated rings. The number of nitrogens with one attached hydrogen (secondary N) is 1. The molecule has 114 valence electrons. The predicted octanol–water partition coefficient (Wildman–Crippen LogP) is 2.47. The summed E-state index contributed by atoms with van der Waals surface area (Å²) in [7, 11) is 0. The zero-order valence-corrected chi connectivity index (χ0v) is 12.7.